The monoisotopic (exact) mass is 434 g/mol. The number of rotatable bonds is 5. The summed E-state index contributed by atoms with van der Waals surface area (Å²) in [4.78, 5) is 40.9. The zero-order chi connectivity index (χ0) is 22.0. The third kappa shape index (κ3) is 4.29. The van der Waals surface area contributed by atoms with Crippen molar-refractivity contribution in [1.29, 1.82) is 0 Å². The smallest absolute Gasteiger partial charge is 0.273 e. The number of amides is 1. The average Bonchev–Trinajstić information content (AvgIpc) is 2.77. The Bertz CT molecular complexity index is 1370. The molecule has 0 aliphatic carbocycles. The quantitative estimate of drug-likeness (QED) is 0.378. The van der Waals surface area contributed by atoms with E-state index in [4.69, 9.17) is 11.6 Å². The van der Waals surface area contributed by atoms with Crippen molar-refractivity contribution in [2.45, 2.75) is 6.42 Å². The van der Waals surface area contributed by atoms with Gasteiger partial charge in [-0.1, -0.05) is 48.0 Å². The van der Waals surface area contributed by atoms with Gasteiger partial charge in [-0.2, -0.15) is 4.68 Å². The average molecular weight is 435 g/mol. The molecule has 0 saturated carbocycles. The molecule has 0 atom stereocenters. The number of halogens is 1. The van der Waals surface area contributed by atoms with Gasteiger partial charge < -0.3 is 0 Å². The molecule has 9 heteroatoms. The third-order valence-corrected chi connectivity index (χ3v) is 4.86. The molecule has 154 valence electrons. The van der Waals surface area contributed by atoms with Crippen LogP contribution in [0.3, 0.4) is 0 Å². The van der Waals surface area contributed by atoms with Crippen LogP contribution in [-0.2, 0) is 11.2 Å². The van der Waals surface area contributed by atoms with Crippen molar-refractivity contribution >= 4 is 34.1 Å². The van der Waals surface area contributed by atoms with Crippen molar-refractivity contribution < 1.29 is 9.72 Å². The molecule has 0 spiro atoms. The van der Waals surface area contributed by atoms with Gasteiger partial charge in [-0.15, -0.1) is 0 Å². The van der Waals surface area contributed by atoms with Gasteiger partial charge in [0.1, 0.15) is 0 Å². The maximum Gasteiger partial charge on any atom is 0.280 e. The van der Waals surface area contributed by atoms with Crippen molar-refractivity contribution in [1.82, 2.24) is 9.66 Å². The highest BCUT2D eigenvalue weighted by atomic mass is 35.5. The maximum atomic E-state index is 13.1. The van der Waals surface area contributed by atoms with E-state index in [9.17, 15) is 19.7 Å². The molecule has 31 heavy (non-hydrogen) atoms. The highest BCUT2D eigenvalue weighted by Gasteiger charge is 2.17. The Morgan fingerprint density at radius 1 is 1.06 bits per heavy atom. The van der Waals surface area contributed by atoms with Gasteiger partial charge in [-0.05, 0) is 29.8 Å². The van der Waals surface area contributed by atoms with Crippen molar-refractivity contribution in [2.24, 2.45) is 0 Å². The molecule has 4 rings (SSSR count). The Kier molecular flexibility index (Phi) is 5.46. The van der Waals surface area contributed by atoms with Gasteiger partial charge in [0.15, 0.2) is 5.82 Å². The summed E-state index contributed by atoms with van der Waals surface area (Å²) in [5.74, 6) is -0.356. The minimum Gasteiger partial charge on any atom is -0.273 e. The summed E-state index contributed by atoms with van der Waals surface area (Å²) >= 11 is 5.88. The first-order chi connectivity index (χ1) is 14.9. The Balaban J connectivity index is 1.80. The number of nitro groups is 1. The molecule has 0 aliphatic heterocycles. The molecule has 8 nitrogen and oxygen atoms in total. The third-order valence-electron chi connectivity index (χ3n) is 4.61. The van der Waals surface area contributed by atoms with E-state index in [1.54, 1.807) is 54.6 Å². The number of benzene rings is 3. The summed E-state index contributed by atoms with van der Waals surface area (Å²) in [5, 5.41) is 12.0. The number of hydrogen-bond acceptors (Lipinski definition) is 5. The number of nitrogens with one attached hydrogen (secondary N) is 1. The molecule has 1 aromatic heterocycles. The highest BCUT2D eigenvalue weighted by molar-refractivity contribution is 6.30. The molecule has 1 heterocycles. The largest absolute Gasteiger partial charge is 0.280 e. The molecule has 0 fully saturated rings. The lowest BCUT2D eigenvalue weighted by molar-refractivity contribution is -0.384. The number of carbonyl (C=O) groups is 1. The van der Waals surface area contributed by atoms with E-state index in [1.165, 1.54) is 18.2 Å². The van der Waals surface area contributed by atoms with E-state index in [0.717, 1.165) is 4.68 Å². The normalized spacial score (nSPS) is 10.7. The molecule has 4 aromatic rings. The molecule has 0 bridgehead atoms. The van der Waals surface area contributed by atoms with E-state index in [2.05, 4.69) is 10.4 Å². The number of nitrogens with zero attached hydrogens (tertiary/aromatic N) is 3. The van der Waals surface area contributed by atoms with Gasteiger partial charge in [0.2, 0.25) is 5.91 Å². The zero-order valence-corrected chi connectivity index (χ0v) is 16.7. The fourth-order valence-corrected chi connectivity index (χ4v) is 3.27. The van der Waals surface area contributed by atoms with Crippen molar-refractivity contribution in [2.75, 3.05) is 5.43 Å². The van der Waals surface area contributed by atoms with Crippen LogP contribution < -0.4 is 11.0 Å². The molecule has 3 aromatic carbocycles. The van der Waals surface area contributed by atoms with Crippen molar-refractivity contribution in [3.05, 3.63) is 104 Å². The summed E-state index contributed by atoms with van der Waals surface area (Å²) in [5.41, 5.74) is 3.38. The Hall–Kier alpha value is -4.04. The lowest BCUT2D eigenvalue weighted by atomic mass is 10.1. The molecular weight excluding hydrogens is 420 g/mol. The number of nitro benzene ring substituents is 1. The van der Waals surface area contributed by atoms with Crippen LogP contribution in [0.4, 0.5) is 5.69 Å². The number of carbonyl (C=O) groups excluding carboxylic acids is 1. The number of para-hydroxylation sites is 1. The second-order valence-electron chi connectivity index (χ2n) is 6.74. The zero-order valence-electron chi connectivity index (χ0n) is 16.0. The molecule has 1 N–H and O–H groups in total. The summed E-state index contributed by atoms with van der Waals surface area (Å²) < 4.78 is 1.03. The first kappa shape index (κ1) is 20.2. The van der Waals surface area contributed by atoms with E-state index in [1.807, 2.05) is 0 Å². The lowest BCUT2D eigenvalue weighted by Crippen LogP contribution is -2.35. The summed E-state index contributed by atoms with van der Waals surface area (Å²) in [7, 11) is 0. The van der Waals surface area contributed by atoms with E-state index < -0.39 is 16.4 Å². The Labute approximate surface area is 180 Å². The van der Waals surface area contributed by atoms with Crippen molar-refractivity contribution in [3.63, 3.8) is 0 Å². The van der Waals surface area contributed by atoms with Crippen LogP contribution in [0.1, 0.15) is 5.56 Å². The van der Waals surface area contributed by atoms with Crippen LogP contribution in [0.2, 0.25) is 5.02 Å². The molecule has 1 amide bonds. The fraction of sp³-hybridized carbons (Fsp3) is 0.0455. The maximum absolute atomic E-state index is 13.1. The van der Waals surface area contributed by atoms with Crippen LogP contribution in [0.15, 0.2) is 77.6 Å². The van der Waals surface area contributed by atoms with Crippen LogP contribution in [0, 0.1) is 10.1 Å². The van der Waals surface area contributed by atoms with Gasteiger partial charge in [-0.25, -0.2) is 4.98 Å². The predicted molar refractivity (Wildman–Crippen MR) is 118 cm³/mol. The fourth-order valence-electron chi connectivity index (χ4n) is 3.14. The van der Waals surface area contributed by atoms with Crippen LogP contribution >= 0.6 is 11.6 Å². The van der Waals surface area contributed by atoms with Gasteiger partial charge in [-0.3, -0.25) is 25.1 Å². The highest BCUT2D eigenvalue weighted by Crippen LogP contribution is 2.23. The Morgan fingerprint density at radius 2 is 1.81 bits per heavy atom. The summed E-state index contributed by atoms with van der Waals surface area (Å²) in [6, 6.07) is 19.2. The van der Waals surface area contributed by atoms with E-state index >= 15 is 0 Å². The summed E-state index contributed by atoms with van der Waals surface area (Å²) in [6.45, 7) is 0. The lowest BCUT2D eigenvalue weighted by Gasteiger charge is -2.14. The Morgan fingerprint density at radius 3 is 2.55 bits per heavy atom. The topological polar surface area (TPSA) is 107 Å². The van der Waals surface area contributed by atoms with Gasteiger partial charge >= 0.3 is 0 Å². The SMILES string of the molecule is O=C(Cc1ccc(Cl)cc1)Nn1c(-c2cccc([N+](=O)[O-])c2)nc2ccccc2c1=O. The van der Waals surface area contributed by atoms with Crippen LogP contribution in [0.5, 0.6) is 0 Å². The molecule has 0 saturated heterocycles. The standard InChI is InChI=1S/C22H15ClN4O4/c23-16-10-8-14(9-11-16)12-20(28)25-26-21(15-4-3-5-17(13-15)27(30)31)24-19-7-2-1-6-18(19)22(26)29/h1-11,13H,12H2,(H,25,28). The minimum atomic E-state index is -0.536. The minimum absolute atomic E-state index is 0.00477. The van der Waals surface area contributed by atoms with E-state index in [-0.39, 0.29) is 17.9 Å². The number of aromatic nitrogens is 2. The van der Waals surface area contributed by atoms with Gasteiger partial charge in [0.25, 0.3) is 11.2 Å². The van der Waals surface area contributed by atoms with E-state index in [0.29, 0.717) is 27.1 Å². The molecular formula is C22H15ClN4O4. The number of non-ortho nitro benzene ring substituents is 1. The van der Waals surface area contributed by atoms with Crippen molar-refractivity contribution in [3.8, 4) is 11.4 Å². The first-order valence-electron chi connectivity index (χ1n) is 9.23. The summed E-state index contributed by atoms with van der Waals surface area (Å²) in [6.07, 6.45) is 0.00477. The molecule has 0 radical (unpaired) electrons. The van der Waals surface area contributed by atoms with Crippen LogP contribution in [0.25, 0.3) is 22.3 Å². The molecule has 0 unspecified atom stereocenters. The predicted octanol–water partition coefficient (Wildman–Crippen LogP) is 3.94. The number of fused-ring (bicyclic) bond motifs is 1. The second-order valence-corrected chi connectivity index (χ2v) is 7.18. The van der Waals surface area contributed by atoms with Crippen LogP contribution in [-0.4, -0.2) is 20.5 Å². The van der Waals surface area contributed by atoms with Gasteiger partial charge in [0, 0.05) is 22.7 Å². The molecule has 0 aliphatic rings. The number of hydrogen-bond donors (Lipinski definition) is 1. The van der Waals surface area contributed by atoms with Gasteiger partial charge in [0.05, 0.1) is 22.2 Å². The first-order valence-corrected chi connectivity index (χ1v) is 9.61. The second kappa shape index (κ2) is 8.37.